The van der Waals surface area contributed by atoms with Gasteiger partial charge >= 0.3 is 5.97 Å². The number of nitriles is 1. The SMILES string of the molecule is CCOC(=O)C(C#N)Cc1ccc(OCCNS(=O)(=O)c2ccc(N)cc2)cc1. The van der Waals surface area contributed by atoms with E-state index in [4.69, 9.17) is 20.5 Å². The molecule has 1 atom stereocenters. The summed E-state index contributed by atoms with van der Waals surface area (Å²) in [7, 11) is -3.63. The molecule has 8 nitrogen and oxygen atoms in total. The third kappa shape index (κ3) is 6.78. The molecule has 2 aromatic rings. The molecule has 154 valence electrons. The fraction of sp³-hybridized carbons (Fsp3) is 0.300. The van der Waals surface area contributed by atoms with E-state index in [1.807, 2.05) is 6.07 Å². The molecule has 0 saturated heterocycles. The molecule has 0 radical (unpaired) electrons. The number of nitrogen functional groups attached to an aromatic ring is 1. The molecule has 0 bridgehead atoms. The predicted octanol–water partition coefficient (Wildman–Crippen LogP) is 1.87. The zero-order valence-corrected chi connectivity index (χ0v) is 16.8. The number of benzene rings is 2. The minimum Gasteiger partial charge on any atom is -0.492 e. The number of nitrogens with two attached hydrogens (primary N) is 1. The van der Waals surface area contributed by atoms with E-state index in [2.05, 4.69) is 4.72 Å². The predicted molar refractivity (Wildman–Crippen MR) is 107 cm³/mol. The van der Waals surface area contributed by atoms with Crippen LogP contribution in [0.15, 0.2) is 53.4 Å². The molecule has 0 heterocycles. The monoisotopic (exact) mass is 417 g/mol. The molecule has 0 amide bonds. The van der Waals surface area contributed by atoms with Gasteiger partial charge in [-0.05, 0) is 55.3 Å². The van der Waals surface area contributed by atoms with Crippen molar-refractivity contribution in [3.05, 3.63) is 54.1 Å². The molecule has 0 aliphatic carbocycles. The second-order valence-corrected chi connectivity index (χ2v) is 7.86. The van der Waals surface area contributed by atoms with Crippen molar-refractivity contribution in [3.8, 4) is 11.8 Å². The fourth-order valence-electron chi connectivity index (χ4n) is 2.46. The van der Waals surface area contributed by atoms with Gasteiger partial charge in [0.1, 0.15) is 18.3 Å². The van der Waals surface area contributed by atoms with Gasteiger partial charge in [-0.15, -0.1) is 0 Å². The number of rotatable bonds is 10. The molecule has 0 aliphatic heterocycles. The van der Waals surface area contributed by atoms with Crippen LogP contribution in [0.5, 0.6) is 5.75 Å². The number of hydrogen-bond donors (Lipinski definition) is 2. The van der Waals surface area contributed by atoms with Crippen LogP contribution in [0.2, 0.25) is 0 Å². The lowest BCUT2D eigenvalue weighted by atomic mass is 10.0. The van der Waals surface area contributed by atoms with Crippen molar-refractivity contribution in [2.24, 2.45) is 5.92 Å². The molecule has 0 spiro atoms. The van der Waals surface area contributed by atoms with Crippen molar-refractivity contribution in [1.82, 2.24) is 4.72 Å². The first kappa shape index (κ1) is 22.2. The van der Waals surface area contributed by atoms with Crippen molar-refractivity contribution in [2.75, 3.05) is 25.5 Å². The molecule has 0 aromatic heterocycles. The number of esters is 1. The second-order valence-electron chi connectivity index (χ2n) is 6.10. The van der Waals surface area contributed by atoms with Gasteiger partial charge < -0.3 is 15.2 Å². The molecule has 0 saturated carbocycles. The molecular weight excluding hydrogens is 394 g/mol. The lowest BCUT2D eigenvalue weighted by molar-refractivity contribution is -0.145. The van der Waals surface area contributed by atoms with Gasteiger partial charge in [-0.1, -0.05) is 12.1 Å². The second kappa shape index (κ2) is 10.5. The minimum absolute atomic E-state index is 0.0911. The minimum atomic E-state index is -3.63. The Hall–Kier alpha value is -3.09. The standard InChI is InChI=1S/C20H23N3O5S/c1-2-27-20(24)16(14-21)13-15-3-7-18(8-4-15)28-12-11-23-29(25,26)19-9-5-17(22)6-10-19/h3-10,16,23H,2,11-13,22H2,1H3. The molecule has 1 unspecified atom stereocenters. The largest absolute Gasteiger partial charge is 0.492 e. The highest BCUT2D eigenvalue weighted by atomic mass is 32.2. The zero-order valence-electron chi connectivity index (χ0n) is 16.0. The average molecular weight is 417 g/mol. The summed E-state index contributed by atoms with van der Waals surface area (Å²) < 4.78 is 37.2. The van der Waals surface area contributed by atoms with Crippen LogP contribution in [0.3, 0.4) is 0 Å². The van der Waals surface area contributed by atoms with E-state index >= 15 is 0 Å². The summed E-state index contributed by atoms with van der Waals surface area (Å²) >= 11 is 0. The normalized spacial score (nSPS) is 12.0. The molecule has 2 aromatic carbocycles. The van der Waals surface area contributed by atoms with Crippen LogP contribution in [0.25, 0.3) is 0 Å². The molecular formula is C20H23N3O5S. The number of sulfonamides is 1. The van der Waals surface area contributed by atoms with Crippen LogP contribution in [-0.4, -0.2) is 34.1 Å². The summed E-state index contributed by atoms with van der Waals surface area (Å²) in [5.74, 6) is -0.849. The van der Waals surface area contributed by atoms with Gasteiger partial charge in [-0.2, -0.15) is 5.26 Å². The Bertz CT molecular complexity index is 951. The number of hydrogen-bond acceptors (Lipinski definition) is 7. The molecule has 9 heteroatoms. The van der Waals surface area contributed by atoms with Gasteiger partial charge in [0, 0.05) is 12.2 Å². The molecule has 3 N–H and O–H groups in total. The number of nitrogens with zero attached hydrogens (tertiary/aromatic N) is 1. The van der Waals surface area contributed by atoms with E-state index in [1.54, 1.807) is 31.2 Å². The first-order valence-electron chi connectivity index (χ1n) is 8.99. The highest BCUT2D eigenvalue weighted by Gasteiger charge is 2.19. The highest BCUT2D eigenvalue weighted by molar-refractivity contribution is 7.89. The highest BCUT2D eigenvalue weighted by Crippen LogP contribution is 2.16. The lowest BCUT2D eigenvalue weighted by Gasteiger charge is -2.10. The molecule has 2 rings (SSSR count). The van der Waals surface area contributed by atoms with Crippen LogP contribution in [0, 0.1) is 17.2 Å². The maximum absolute atomic E-state index is 12.2. The smallest absolute Gasteiger partial charge is 0.323 e. The Labute approximate surface area is 170 Å². The van der Waals surface area contributed by atoms with Crippen molar-refractivity contribution in [3.63, 3.8) is 0 Å². The van der Waals surface area contributed by atoms with Crippen molar-refractivity contribution in [2.45, 2.75) is 18.2 Å². The Kier molecular flexibility index (Phi) is 8.00. The Balaban J connectivity index is 1.82. The van der Waals surface area contributed by atoms with Gasteiger partial charge in [0.25, 0.3) is 0 Å². The zero-order chi connectivity index (χ0) is 21.3. The molecule has 0 fully saturated rings. The van der Waals surface area contributed by atoms with E-state index < -0.39 is 21.9 Å². The van der Waals surface area contributed by atoms with Crippen LogP contribution < -0.4 is 15.2 Å². The van der Waals surface area contributed by atoms with Gasteiger partial charge in [0.15, 0.2) is 0 Å². The molecule has 29 heavy (non-hydrogen) atoms. The summed E-state index contributed by atoms with van der Waals surface area (Å²) in [6, 6.07) is 14.7. The number of carbonyl (C=O) groups excluding carboxylic acids is 1. The summed E-state index contributed by atoms with van der Waals surface area (Å²) in [5, 5.41) is 9.11. The maximum Gasteiger partial charge on any atom is 0.323 e. The summed E-state index contributed by atoms with van der Waals surface area (Å²) in [4.78, 5) is 11.8. The molecule has 0 aliphatic rings. The summed E-state index contributed by atoms with van der Waals surface area (Å²) in [5.41, 5.74) is 6.83. The Morgan fingerprint density at radius 2 is 1.83 bits per heavy atom. The quantitative estimate of drug-likeness (QED) is 0.343. The number of ether oxygens (including phenoxy) is 2. The number of nitrogens with one attached hydrogen (secondary N) is 1. The average Bonchev–Trinajstić information content (AvgIpc) is 2.71. The Morgan fingerprint density at radius 3 is 2.41 bits per heavy atom. The maximum atomic E-state index is 12.2. The van der Waals surface area contributed by atoms with Gasteiger partial charge in [0.2, 0.25) is 10.0 Å². The van der Waals surface area contributed by atoms with E-state index in [-0.39, 0.29) is 31.1 Å². The first-order valence-corrected chi connectivity index (χ1v) is 10.5. The van der Waals surface area contributed by atoms with Crippen LogP contribution in [0.1, 0.15) is 12.5 Å². The van der Waals surface area contributed by atoms with E-state index in [9.17, 15) is 13.2 Å². The van der Waals surface area contributed by atoms with E-state index in [0.29, 0.717) is 11.4 Å². The third-order valence-corrected chi connectivity index (χ3v) is 5.42. The van der Waals surface area contributed by atoms with Crippen molar-refractivity contribution < 1.29 is 22.7 Å². The number of carbonyl (C=O) groups is 1. The number of anilines is 1. The van der Waals surface area contributed by atoms with Gasteiger partial charge in [-0.25, -0.2) is 13.1 Å². The van der Waals surface area contributed by atoms with E-state index in [1.165, 1.54) is 24.3 Å². The van der Waals surface area contributed by atoms with Crippen molar-refractivity contribution in [1.29, 1.82) is 5.26 Å². The first-order chi connectivity index (χ1) is 13.9. The fourth-order valence-corrected chi connectivity index (χ4v) is 3.47. The summed E-state index contributed by atoms with van der Waals surface area (Å²) in [6.07, 6.45) is 0.247. The topological polar surface area (TPSA) is 132 Å². The Morgan fingerprint density at radius 1 is 1.17 bits per heavy atom. The van der Waals surface area contributed by atoms with Gasteiger partial charge in [-0.3, -0.25) is 4.79 Å². The van der Waals surface area contributed by atoms with Crippen LogP contribution in [-0.2, 0) is 26.0 Å². The van der Waals surface area contributed by atoms with E-state index in [0.717, 1.165) is 5.56 Å². The summed E-state index contributed by atoms with van der Waals surface area (Å²) in [6.45, 7) is 2.14. The lowest BCUT2D eigenvalue weighted by Crippen LogP contribution is -2.28. The van der Waals surface area contributed by atoms with Crippen LogP contribution >= 0.6 is 0 Å². The third-order valence-electron chi connectivity index (χ3n) is 3.94. The van der Waals surface area contributed by atoms with Crippen LogP contribution in [0.4, 0.5) is 5.69 Å². The van der Waals surface area contributed by atoms with Gasteiger partial charge in [0.05, 0.1) is 17.6 Å². The van der Waals surface area contributed by atoms with Crippen molar-refractivity contribution >= 4 is 21.7 Å².